The number of amides is 3. The van der Waals surface area contributed by atoms with Crippen molar-refractivity contribution in [3.63, 3.8) is 0 Å². The van der Waals surface area contributed by atoms with Crippen LogP contribution in [0, 0.1) is 0 Å². The molecule has 2 aromatic rings. The standard InChI is InChI=1S/C21H22N2O6/c1-21(13-5-7-14(27-2)8-6-13)19(25)23(20(26)22-21)12-17(24)16-10-9-15(28-3)11-18(16)29-4/h5-11H,12H2,1-4H3,(H,22,26)/t21-/m0/s1. The van der Waals surface area contributed by atoms with E-state index in [0.717, 1.165) is 4.90 Å². The molecular weight excluding hydrogens is 376 g/mol. The summed E-state index contributed by atoms with van der Waals surface area (Å²) in [7, 11) is 4.48. The smallest absolute Gasteiger partial charge is 0.325 e. The average Bonchev–Trinajstić information content (AvgIpc) is 2.97. The van der Waals surface area contributed by atoms with Gasteiger partial charge in [-0.05, 0) is 36.8 Å². The highest BCUT2D eigenvalue weighted by molar-refractivity contribution is 6.11. The Morgan fingerprint density at radius 2 is 1.59 bits per heavy atom. The minimum atomic E-state index is -1.27. The number of benzene rings is 2. The molecule has 3 rings (SSSR count). The fraction of sp³-hybridized carbons (Fsp3) is 0.286. The summed E-state index contributed by atoms with van der Waals surface area (Å²) in [5.74, 6) is 0.535. The first-order chi connectivity index (χ1) is 13.8. The van der Waals surface area contributed by atoms with E-state index in [1.165, 1.54) is 14.2 Å². The molecular formula is C21H22N2O6. The van der Waals surface area contributed by atoms with Crippen molar-refractivity contribution in [2.45, 2.75) is 12.5 Å². The number of hydrogen-bond acceptors (Lipinski definition) is 6. The Bertz CT molecular complexity index is 956. The first kappa shape index (κ1) is 20.2. The predicted octanol–water partition coefficient (Wildman–Crippen LogP) is 2.36. The number of nitrogens with one attached hydrogen (secondary N) is 1. The van der Waals surface area contributed by atoms with Gasteiger partial charge in [0.2, 0.25) is 0 Å². The van der Waals surface area contributed by atoms with Gasteiger partial charge in [0.15, 0.2) is 5.78 Å². The number of ketones is 1. The highest BCUT2D eigenvalue weighted by Crippen LogP contribution is 2.31. The lowest BCUT2D eigenvalue weighted by molar-refractivity contribution is -0.130. The summed E-state index contributed by atoms with van der Waals surface area (Å²) < 4.78 is 15.5. The molecule has 8 nitrogen and oxygen atoms in total. The van der Waals surface area contributed by atoms with E-state index in [1.807, 2.05) is 0 Å². The molecule has 0 bridgehead atoms. The van der Waals surface area contributed by atoms with Crippen LogP contribution in [0.5, 0.6) is 17.2 Å². The summed E-state index contributed by atoms with van der Waals surface area (Å²) in [5.41, 5.74) is -0.422. The van der Waals surface area contributed by atoms with Crippen LogP contribution in [-0.4, -0.2) is 50.5 Å². The van der Waals surface area contributed by atoms with Crippen LogP contribution in [0.4, 0.5) is 4.79 Å². The van der Waals surface area contributed by atoms with Gasteiger partial charge < -0.3 is 19.5 Å². The first-order valence-electron chi connectivity index (χ1n) is 8.88. The largest absolute Gasteiger partial charge is 0.497 e. The lowest BCUT2D eigenvalue weighted by atomic mass is 9.92. The summed E-state index contributed by atoms with van der Waals surface area (Å²) >= 11 is 0. The Morgan fingerprint density at radius 1 is 0.966 bits per heavy atom. The Labute approximate surface area is 168 Å². The predicted molar refractivity (Wildman–Crippen MR) is 104 cm³/mol. The molecule has 0 spiro atoms. The van der Waals surface area contributed by atoms with Crippen molar-refractivity contribution in [2.24, 2.45) is 0 Å². The Kier molecular flexibility index (Phi) is 5.45. The SMILES string of the molecule is COc1ccc([C@]2(C)NC(=O)N(CC(=O)c3ccc(OC)cc3OC)C2=O)cc1. The van der Waals surface area contributed by atoms with Gasteiger partial charge in [-0.3, -0.25) is 14.5 Å². The first-order valence-corrected chi connectivity index (χ1v) is 8.88. The third kappa shape index (κ3) is 3.61. The second kappa shape index (κ2) is 7.83. The third-order valence-corrected chi connectivity index (χ3v) is 4.95. The summed E-state index contributed by atoms with van der Waals surface area (Å²) in [5, 5.41) is 2.68. The number of methoxy groups -OCH3 is 3. The van der Waals surface area contributed by atoms with E-state index in [2.05, 4.69) is 5.32 Å². The second-order valence-electron chi connectivity index (χ2n) is 6.66. The van der Waals surface area contributed by atoms with E-state index >= 15 is 0 Å². The molecule has 29 heavy (non-hydrogen) atoms. The molecule has 8 heteroatoms. The van der Waals surface area contributed by atoms with E-state index in [9.17, 15) is 14.4 Å². The minimum Gasteiger partial charge on any atom is -0.497 e. The molecule has 1 atom stereocenters. The summed E-state index contributed by atoms with van der Waals surface area (Å²) in [6.07, 6.45) is 0. The van der Waals surface area contributed by atoms with E-state index in [1.54, 1.807) is 56.5 Å². The quantitative estimate of drug-likeness (QED) is 0.568. The van der Waals surface area contributed by atoms with Gasteiger partial charge in [-0.25, -0.2) is 4.79 Å². The Hall–Kier alpha value is -3.55. The number of nitrogens with zero attached hydrogens (tertiary/aromatic N) is 1. The molecule has 0 radical (unpaired) electrons. The van der Waals surface area contributed by atoms with Crippen molar-refractivity contribution >= 4 is 17.7 Å². The Morgan fingerprint density at radius 3 is 2.17 bits per heavy atom. The molecule has 2 aromatic carbocycles. The van der Waals surface area contributed by atoms with Crippen LogP contribution in [-0.2, 0) is 10.3 Å². The van der Waals surface area contributed by atoms with Gasteiger partial charge in [0.05, 0.1) is 33.4 Å². The molecule has 152 valence electrons. The van der Waals surface area contributed by atoms with Gasteiger partial charge >= 0.3 is 6.03 Å². The van der Waals surface area contributed by atoms with Crippen molar-refractivity contribution < 1.29 is 28.6 Å². The maximum atomic E-state index is 13.0. The van der Waals surface area contributed by atoms with Crippen LogP contribution >= 0.6 is 0 Å². The number of carbonyl (C=O) groups is 3. The van der Waals surface area contributed by atoms with Crippen LogP contribution < -0.4 is 19.5 Å². The van der Waals surface area contributed by atoms with Gasteiger partial charge in [-0.1, -0.05) is 12.1 Å². The zero-order valence-electron chi connectivity index (χ0n) is 16.6. The van der Waals surface area contributed by atoms with E-state index in [0.29, 0.717) is 22.8 Å². The number of carbonyl (C=O) groups excluding carboxylic acids is 3. The van der Waals surface area contributed by atoms with E-state index in [4.69, 9.17) is 14.2 Å². The van der Waals surface area contributed by atoms with Gasteiger partial charge in [0.25, 0.3) is 5.91 Å². The fourth-order valence-electron chi connectivity index (χ4n) is 3.22. The molecule has 3 amide bonds. The van der Waals surface area contributed by atoms with Gasteiger partial charge in [-0.15, -0.1) is 0 Å². The number of rotatable bonds is 7. The van der Waals surface area contributed by atoms with Crippen LogP contribution in [0.1, 0.15) is 22.8 Å². The zero-order valence-corrected chi connectivity index (χ0v) is 16.6. The highest BCUT2D eigenvalue weighted by Gasteiger charge is 2.49. The number of urea groups is 1. The molecule has 0 aliphatic carbocycles. The van der Waals surface area contributed by atoms with Crippen molar-refractivity contribution in [3.05, 3.63) is 53.6 Å². The van der Waals surface area contributed by atoms with Crippen molar-refractivity contribution in [2.75, 3.05) is 27.9 Å². The lowest BCUT2D eigenvalue weighted by Crippen LogP contribution is -2.41. The van der Waals surface area contributed by atoms with E-state index in [-0.39, 0.29) is 5.56 Å². The summed E-state index contributed by atoms with van der Waals surface area (Å²) in [6, 6.07) is 10.9. The van der Waals surface area contributed by atoms with Crippen LogP contribution in [0.25, 0.3) is 0 Å². The molecule has 0 unspecified atom stereocenters. The fourth-order valence-corrected chi connectivity index (χ4v) is 3.22. The monoisotopic (exact) mass is 398 g/mol. The highest BCUT2D eigenvalue weighted by atomic mass is 16.5. The molecule has 0 aromatic heterocycles. The van der Waals surface area contributed by atoms with Crippen molar-refractivity contribution in [1.29, 1.82) is 0 Å². The van der Waals surface area contributed by atoms with Gasteiger partial charge in [-0.2, -0.15) is 0 Å². The molecule has 1 heterocycles. The minimum absolute atomic E-state index is 0.256. The number of ether oxygens (including phenoxy) is 3. The van der Waals surface area contributed by atoms with Gasteiger partial charge in [0.1, 0.15) is 22.8 Å². The lowest BCUT2D eigenvalue weighted by Gasteiger charge is -2.22. The van der Waals surface area contributed by atoms with Crippen molar-refractivity contribution in [3.8, 4) is 17.2 Å². The average molecular weight is 398 g/mol. The molecule has 1 aliphatic heterocycles. The van der Waals surface area contributed by atoms with E-state index < -0.39 is 29.8 Å². The third-order valence-electron chi connectivity index (χ3n) is 4.95. The summed E-state index contributed by atoms with van der Waals surface area (Å²) in [4.78, 5) is 39.2. The second-order valence-corrected chi connectivity index (χ2v) is 6.66. The molecule has 0 saturated carbocycles. The van der Waals surface area contributed by atoms with Gasteiger partial charge in [0, 0.05) is 6.07 Å². The molecule has 1 fully saturated rings. The van der Waals surface area contributed by atoms with Crippen molar-refractivity contribution in [1.82, 2.24) is 10.2 Å². The molecule has 1 aliphatic rings. The van der Waals surface area contributed by atoms with Crippen LogP contribution in [0.3, 0.4) is 0 Å². The normalized spacial score (nSPS) is 18.4. The number of Topliss-reactive ketones (excluding diaryl/α,β-unsaturated/α-hetero) is 1. The number of imide groups is 1. The zero-order chi connectivity index (χ0) is 21.2. The summed E-state index contributed by atoms with van der Waals surface area (Å²) in [6.45, 7) is 1.20. The topological polar surface area (TPSA) is 94.2 Å². The maximum absolute atomic E-state index is 13.0. The molecule has 1 N–H and O–H groups in total. The maximum Gasteiger partial charge on any atom is 0.325 e. The molecule has 1 saturated heterocycles. The van der Waals surface area contributed by atoms with Crippen LogP contribution in [0.15, 0.2) is 42.5 Å². The Balaban J connectivity index is 1.84. The number of hydrogen-bond donors (Lipinski definition) is 1. The van der Waals surface area contributed by atoms with Crippen LogP contribution in [0.2, 0.25) is 0 Å².